The average molecular weight is 418 g/mol. The number of carbonyl (C=O) groups is 2. The number of carbonyl (C=O) groups excluding carboxylic acids is 2. The Balaban J connectivity index is 1.53. The molecule has 2 unspecified atom stereocenters. The molecule has 0 radical (unpaired) electrons. The molecule has 0 aromatic heterocycles. The van der Waals surface area contributed by atoms with Crippen LogP contribution in [0, 0.1) is 0 Å². The lowest BCUT2D eigenvalue weighted by atomic mass is 10.1. The molecule has 0 spiro atoms. The van der Waals surface area contributed by atoms with E-state index in [1.807, 2.05) is 32.9 Å². The highest BCUT2D eigenvalue weighted by Crippen LogP contribution is 2.21. The third kappa shape index (κ3) is 6.44. The van der Waals surface area contributed by atoms with Crippen LogP contribution < -0.4 is 5.32 Å². The fourth-order valence-electron chi connectivity index (χ4n) is 4.02. The van der Waals surface area contributed by atoms with Crippen molar-refractivity contribution in [3.8, 4) is 0 Å². The van der Waals surface area contributed by atoms with Crippen LogP contribution in [0.25, 0.3) is 0 Å². The zero-order valence-corrected chi connectivity index (χ0v) is 18.6. The number of likely N-dealkylation sites (tertiary alicyclic amines) is 1. The van der Waals surface area contributed by atoms with Gasteiger partial charge in [0, 0.05) is 32.7 Å². The Bertz CT molecular complexity index is 746. The van der Waals surface area contributed by atoms with Crippen LogP contribution in [-0.2, 0) is 27.4 Å². The van der Waals surface area contributed by atoms with Crippen LogP contribution in [0.1, 0.15) is 51.7 Å². The largest absolute Gasteiger partial charge is 0.444 e. The molecule has 166 valence electrons. The molecule has 2 heterocycles. The van der Waals surface area contributed by atoms with Gasteiger partial charge in [-0.15, -0.1) is 0 Å². The summed E-state index contributed by atoms with van der Waals surface area (Å²) in [6.07, 6.45) is 1.33. The van der Waals surface area contributed by atoms with Crippen LogP contribution in [0.3, 0.4) is 0 Å². The van der Waals surface area contributed by atoms with Crippen molar-refractivity contribution in [2.24, 2.45) is 0 Å². The summed E-state index contributed by atoms with van der Waals surface area (Å²) in [6.45, 7) is 12.1. The Morgan fingerprint density at radius 1 is 1.23 bits per heavy atom. The average Bonchev–Trinajstić information content (AvgIpc) is 3.15. The van der Waals surface area contributed by atoms with Gasteiger partial charge in [-0.1, -0.05) is 24.3 Å². The van der Waals surface area contributed by atoms with Crippen molar-refractivity contribution in [2.45, 2.75) is 71.4 Å². The third-order valence-corrected chi connectivity index (χ3v) is 5.37. The first-order valence-corrected chi connectivity index (χ1v) is 10.9. The van der Waals surface area contributed by atoms with E-state index in [4.69, 9.17) is 9.47 Å². The number of hydrogen-bond acceptors (Lipinski definition) is 5. The van der Waals surface area contributed by atoms with Gasteiger partial charge < -0.3 is 14.8 Å². The van der Waals surface area contributed by atoms with E-state index in [0.29, 0.717) is 19.5 Å². The molecule has 0 saturated carbocycles. The number of benzene rings is 1. The molecule has 3 rings (SSSR count). The van der Waals surface area contributed by atoms with Gasteiger partial charge in [0.1, 0.15) is 11.6 Å². The normalized spacial score (nSPS) is 22.7. The smallest absolute Gasteiger partial charge is 0.410 e. The predicted octanol–water partition coefficient (Wildman–Crippen LogP) is 2.92. The number of ether oxygens (including phenoxy) is 2. The second-order valence-corrected chi connectivity index (χ2v) is 9.29. The van der Waals surface area contributed by atoms with Gasteiger partial charge in [-0.2, -0.15) is 0 Å². The molecule has 0 bridgehead atoms. The first kappa shape index (κ1) is 22.6. The Hall–Kier alpha value is -2.12. The van der Waals surface area contributed by atoms with Crippen molar-refractivity contribution in [1.29, 1.82) is 0 Å². The van der Waals surface area contributed by atoms with Crippen LogP contribution in [-0.4, -0.2) is 65.8 Å². The molecule has 0 aliphatic carbocycles. The number of hydrogen-bond donors (Lipinski definition) is 1. The molecule has 7 heteroatoms. The standard InChI is InChI=1S/C23H35N3O4/c1-17-15-25(11-12-29-17)16-19-8-5-7-18(13-19)14-24-21(27)20-9-6-10-26(20)22(28)30-23(2,3)4/h5,7-8,13,17,20H,6,9-12,14-16H2,1-4H3,(H,24,27). The Labute approximate surface area is 179 Å². The Morgan fingerprint density at radius 2 is 2.00 bits per heavy atom. The molecule has 2 saturated heterocycles. The van der Waals surface area contributed by atoms with Gasteiger partial charge in [-0.25, -0.2) is 4.79 Å². The minimum Gasteiger partial charge on any atom is -0.444 e. The van der Waals surface area contributed by atoms with Crippen molar-refractivity contribution in [2.75, 3.05) is 26.2 Å². The highest BCUT2D eigenvalue weighted by Gasteiger charge is 2.36. The second-order valence-electron chi connectivity index (χ2n) is 9.29. The van der Waals surface area contributed by atoms with E-state index >= 15 is 0 Å². The summed E-state index contributed by atoms with van der Waals surface area (Å²) < 4.78 is 11.1. The first-order valence-electron chi connectivity index (χ1n) is 10.9. The molecule has 1 aromatic rings. The zero-order chi connectivity index (χ0) is 21.7. The van der Waals surface area contributed by atoms with Crippen molar-refractivity contribution in [3.05, 3.63) is 35.4 Å². The topological polar surface area (TPSA) is 71.1 Å². The lowest BCUT2D eigenvalue weighted by molar-refractivity contribution is -0.125. The van der Waals surface area contributed by atoms with E-state index in [1.54, 1.807) is 4.90 Å². The number of rotatable bonds is 5. The monoisotopic (exact) mass is 417 g/mol. The van der Waals surface area contributed by atoms with Gasteiger partial charge in [-0.05, 0) is 51.7 Å². The second kappa shape index (κ2) is 9.79. The number of amides is 2. The van der Waals surface area contributed by atoms with Gasteiger partial charge >= 0.3 is 6.09 Å². The summed E-state index contributed by atoms with van der Waals surface area (Å²) in [7, 11) is 0. The molecule has 30 heavy (non-hydrogen) atoms. The predicted molar refractivity (Wildman–Crippen MR) is 115 cm³/mol. The van der Waals surface area contributed by atoms with Crippen molar-refractivity contribution < 1.29 is 19.1 Å². The molecule has 2 aliphatic rings. The summed E-state index contributed by atoms with van der Waals surface area (Å²) in [4.78, 5) is 29.1. The molecule has 1 aromatic carbocycles. The van der Waals surface area contributed by atoms with E-state index in [1.165, 1.54) is 5.56 Å². The van der Waals surface area contributed by atoms with Crippen molar-refractivity contribution in [1.82, 2.24) is 15.1 Å². The van der Waals surface area contributed by atoms with Gasteiger partial charge in [0.15, 0.2) is 0 Å². The maximum absolute atomic E-state index is 12.8. The quantitative estimate of drug-likeness (QED) is 0.798. The fraction of sp³-hybridized carbons (Fsp3) is 0.652. The Morgan fingerprint density at radius 3 is 2.73 bits per heavy atom. The van der Waals surface area contributed by atoms with Crippen molar-refractivity contribution in [3.63, 3.8) is 0 Å². The fourth-order valence-corrected chi connectivity index (χ4v) is 4.02. The van der Waals surface area contributed by atoms with E-state index < -0.39 is 17.7 Å². The van der Waals surface area contributed by atoms with Crippen LogP contribution >= 0.6 is 0 Å². The van der Waals surface area contributed by atoms with E-state index in [2.05, 4.69) is 29.3 Å². The van der Waals surface area contributed by atoms with E-state index in [9.17, 15) is 9.59 Å². The van der Waals surface area contributed by atoms with Gasteiger partial charge in [0.05, 0.1) is 12.7 Å². The highest BCUT2D eigenvalue weighted by atomic mass is 16.6. The van der Waals surface area contributed by atoms with Gasteiger partial charge in [-0.3, -0.25) is 14.6 Å². The van der Waals surface area contributed by atoms with Gasteiger partial charge in [0.25, 0.3) is 0 Å². The van der Waals surface area contributed by atoms with Crippen molar-refractivity contribution >= 4 is 12.0 Å². The number of nitrogens with one attached hydrogen (secondary N) is 1. The maximum Gasteiger partial charge on any atom is 0.410 e. The molecular weight excluding hydrogens is 382 g/mol. The summed E-state index contributed by atoms with van der Waals surface area (Å²) >= 11 is 0. The van der Waals surface area contributed by atoms with Crippen LogP contribution in [0.15, 0.2) is 24.3 Å². The first-order chi connectivity index (χ1) is 14.2. The zero-order valence-electron chi connectivity index (χ0n) is 18.6. The van der Waals surface area contributed by atoms with Crippen LogP contribution in [0.4, 0.5) is 4.79 Å². The molecule has 2 fully saturated rings. The van der Waals surface area contributed by atoms with Crippen LogP contribution in [0.2, 0.25) is 0 Å². The third-order valence-electron chi connectivity index (χ3n) is 5.37. The van der Waals surface area contributed by atoms with Crippen LogP contribution in [0.5, 0.6) is 0 Å². The lowest BCUT2D eigenvalue weighted by Gasteiger charge is -2.31. The van der Waals surface area contributed by atoms with E-state index in [0.717, 1.165) is 38.2 Å². The SMILES string of the molecule is CC1CN(Cc2cccc(CNC(=O)C3CCCN3C(=O)OC(C)(C)C)c2)CCO1. The minimum absolute atomic E-state index is 0.120. The number of nitrogens with zero attached hydrogens (tertiary/aromatic N) is 2. The maximum atomic E-state index is 12.8. The minimum atomic E-state index is -0.570. The molecule has 2 atom stereocenters. The summed E-state index contributed by atoms with van der Waals surface area (Å²) in [5.41, 5.74) is 1.72. The summed E-state index contributed by atoms with van der Waals surface area (Å²) in [5.74, 6) is -0.120. The molecule has 7 nitrogen and oxygen atoms in total. The Kier molecular flexibility index (Phi) is 7.36. The molecule has 2 aliphatic heterocycles. The summed E-state index contributed by atoms with van der Waals surface area (Å²) in [6, 6.07) is 7.85. The van der Waals surface area contributed by atoms with E-state index in [-0.39, 0.29) is 12.0 Å². The molecule has 2 amide bonds. The lowest BCUT2D eigenvalue weighted by Crippen LogP contribution is -2.47. The summed E-state index contributed by atoms with van der Waals surface area (Å²) in [5, 5.41) is 3.00. The molecular formula is C23H35N3O4. The van der Waals surface area contributed by atoms with Gasteiger partial charge in [0.2, 0.25) is 5.91 Å². The highest BCUT2D eigenvalue weighted by molar-refractivity contribution is 5.86. The number of morpholine rings is 1. The molecule has 1 N–H and O–H groups in total.